The molecule has 1 unspecified atom stereocenters. The molecule has 0 aliphatic carbocycles. The maximum atomic E-state index is 10.8. The molecule has 8 heteroatoms. The molecule has 0 fully saturated rings. The predicted octanol–water partition coefficient (Wildman–Crippen LogP) is -1.46. The van der Waals surface area contributed by atoms with Gasteiger partial charge in [-0.1, -0.05) is 0 Å². The minimum absolute atomic E-state index is 0.0447. The Labute approximate surface area is 82.5 Å². The molecule has 0 rings (SSSR count). The van der Waals surface area contributed by atoms with Crippen LogP contribution >= 0.6 is 12.6 Å². The van der Waals surface area contributed by atoms with Gasteiger partial charge >= 0.3 is 11.9 Å². The van der Waals surface area contributed by atoms with E-state index in [0.717, 1.165) is 0 Å². The Morgan fingerprint density at radius 2 is 2.15 bits per heavy atom. The molecular weight excluding hydrogens is 218 g/mol. The number of hydrogen-bond donors (Lipinski definition) is 3. The van der Waals surface area contributed by atoms with E-state index in [1.165, 1.54) is 0 Å². The fourth-order valence-electron chi connectivity index (χ4n) is 0.358. The van der Waals surface area contributed by atoms with Crippen molar-refractivity contribution < 1.29 is 23.1 Å². The van der Waals surface area contributed by atoms with Crippen LogP contribution in [0, 0.1) is 0 Å². The third kappa shape index (κ3) is 5.61. The number of rotatable bonds is 5. The van der Waals surface area contributed by atoms with Crippen LogP contribution in [0.3, 0.4) is 0 Å². The lowest BCUT2D eigenvalue weighted by atomic mass is 10.4. The van der Waals surface area contributed by atoms with Gasteiger partial charge in [-0.25, -0.2) is 9.00 Å². The topological polar surface area (TPSA) is 107 Å². The number of aliphatic carboxylic acids is 1. The van der Waals surface area contributed by atoms with Crippen molar-refractivity contribution in [1.29, 1.82) is 0 Å². The minimum Gasteiger partial charge on any atom is -0.480 e. The van der Waals surface area contributed by atoms with Crippen molar-refractivity contribution in [3.05, 3.63) is 0 Å². The number of carbonyl (C=O) groups excluding carboxylic acids is 1. The number of thiol groups is 1. The highest BCUT2D eigenvalue weighted by molar-refractivity contribution is 7.81. The van der Waals surface area contributed by atoms with Gasteiger partial charge in [-0.15, -0.1) is 0 Å². The van der Waals surface area contributed by atoms with Crippen LogP contribution in [0.1, 0.15) is 0 Å². The van der Waals surface area contributed by atoms with Gasteiger partial charge in [-0.3, -0.25) is 4.79 Å². The molecule has 6 nitrogen and oxygen atoms in total. The smallest absolute Gasteiger partial charge is 0.337 e. The standard InChI is InChI=1S/C5H9NO5S2/c6-3(1-12)5(9)11-13(10)2-4(7)8/h3,12H,1-2,6H2,(H,7,8)/t3-,13?/m0/s1. The molecule has 0 radical (unpaired) electrons. The van der Waals surface area contributed by atoms with Crippen LogP contribution in [0.4, 0.5) is 0 Å². The zero-order valence-corrected chi connectivity index (χ0v) is 8.22. The number of nitrogens with two attached hydrogens (primary N) is 1. The zero-order chi connectivity index (χ0) is 10.4. The van der Waals surface area contributed by atoms with Gasteiger partial charge in [0.25, 0.3) is 0 Å². The molecule has 0 aromatic heterocycles. The zero-order valence-electron chi connectivity index (χ0n) is 6.50. The van der Waals surface area contributed by atoms with Crippen molar-refractivity contribution in [3.8, 4) is 0 Å². The van der Waals surface area contributed by atoms with Crippen molar-refractivity contribution in [2.75, 3.05) is 11.5 Å². The Balaban J connectivity index is 3.92. The molecule has 0 aliphatic rings. The predicted molar refractivity (Wildman–Crippen MR) is 48.6 cm³/mol. The SMILES string of the molecule is N[C@@H](CS)C(=O)OS(=O)CC(=O)O. The van der Waals surface area contributed by atoms with Gasteiger partial charge in [0.15, 0.2) is 5.75 Å². The average molecular weight is 227 g/mol. The Kier molecular flexibility index (Phi) is 5.67. The van der Waals surface area contributed by atoms with E-state index in [4.69, 9.17) is 10.8 Å². The average Bonchev–Trinajstić information content (AvgIpc) is 2.01. The largest absolute Gasteiger partial charge is 0.480 e. The molecule has 0 spiro atoms. The lowest BCUT2D eigenvalue weighted by molar-refractivity contribution is -0.134. The molecule has 0 aromatic rings. The molecule has 0 amide bonds. The highest BCUT2D eigenvalue weighted by Gasteiger charge is 2.18. The minimum atomic E-state index is -2.17. The fraction of sp³-hybridized carbons (Fsp3) is 0.600. The molecule has 0 saturated heterocycles. The highest BCUT2D eigenvalue weighted by Crippen LogP contribution is 1.93. The van der Waals surface area contributed by atoms with Gasteiger partial charge in [-0.05, 0) is 0 Å². The normalized spacial score (nSPS) is 14.6. The summed E-state index contributed by atoms with van der Waals surface area (Å²) in [4.78, 5) is 20.8. The van der Waals surface area contributed by atoms with Crippen molar-refractivity contribution in [2.45, 2.75) is 6.04 Å². The van der Waals surface area contributed by atoms with Gasteiger partial charge in [0, 0.05) is 5.75 Å². The lowest BCUT2D eigenvalue weighted by Crippen LogP contribution is -2.35. The summed E-state index contributed by atoms with van der Waals surface area (Å²) >= 11 is 1.54. The first-order valence-electron chi connectivity index (χ1n) is 3.16. The van der Waals surface area contributed by atoms with Crippen molar-refractivity contribution in [1.82, 2.24) is 0 Å². The Morgan fingerprint density at radius 1 is 1.62 bits per heavy atom. The van der Waals surface area contributed by atoms with Crippen molar-refractivity contribution in [2.24, 2.45) is 5.73 Å². The summed E-state index contributed by atoms with van der Waals surface area (Å²) in [5.74, 6) is -2.94. The summed E-state index contributed by atoms with van der Waals surface area (Å²) in [7, 11) is 0. The maximum Gasteiger partial charge on any atom is 0.337 e. The van der Waals surface area contributed by atoms with Crippen LogP contribution in [0.25, 0.3) is 0 Å². The number of carbonyl (C=O) groups is 2. The Hall–Kier alpha value is -0.600. The fourth-order valence-corrected chi connectivity index (χ4v) is 1.07. The molecule has 76 valence electrons. The van der Waals surface area contributed by atoms with E-state index in [1.807, 2.05) is 0 Å². The summed E-state index contributed by atoms with van der Waals surface area (Å²) in [6.07, 6.45) is 0. The number of hydrogen-bond acceptors (Lipinski definition) is 6. The summed E-state index contributed by atoms with van der Waals surface area (Å²) < 4.78 is 14.9. The second-order valence-corrected chi connectivity index (χ2v) is 3.46. The second-order valence-electron chi connectivity index (χ2n) is 2.03. The molecule has 0 bridgehead atoms. The number of carboxylic acids is 1. The van der Waals surface area contributed by atoms with Crippen LogP contribution < -0.4 is 5.73 Å². The first kappa shape index (κ1) is 12.4. The van der Waals surface area contributed by atoms with Crippen LogP contribution in [-0.4, -0.2) is 38.8 Å². The number of carboxylic acid groups (broad SMARTS) is 1. The van der Waals surface area contributed by atoms with Gasteiger partial charge in [0.05, 0.1) is 0 Å². The molecule has 0 aromatic carbocycles. The molecule has 0 heterocycles. The van der Waals surface area contributed by atoms with E-state index in [1.54, 1.807) is 0 Å². The van der Waals surface area contributed by atoms with E-state index in [9.17, 15) is 13.8 Å². The van der Waals surface area contributed by atoms with Gasteiger partial charge in [0.2, 0.25) is 11.1 Å². The molecule has 0 aliphatic heterocycles. The molecule has 3 N–H and O–H groups in total. The van der Waals surface area contributed by atoms with Crippen LogP contribution in [0.5, 0.6) is 0 Å². The van der Waals surface area contributed by atoms with E-state index in [0.29, 0.717) is 0 Å². The first-order valence-corrected chi connectivity index (χ1v) is 5.03. The maximum absolute atomic E-state index is 10.8. The van der Waals surface area contributed by atoms with Gasteiger partial charge in [-0.2, -0.15) is 12.6 Å². The first-order chi connectivity index (χ1) is 5.97. The summed E-state index contributed by atoms with van der Waals surface area (Å²) in [6.45, 7) is 0. The van der Waals surface area contributed by atoms with E-state index >= 15 is 0 Å². The molecular formula is C5H9NO5S2. The van der Waals surface area contributed by atoms with E-state index < -0.39 is 34.8 Å². The highest BCUT2D eigenvalue weighted by atomic mass is 32.2. The summed E-state index contributed by atoms with van der Waals surface area (Å²) in [5, 5.41) is 8.16. The lowest BCUT2D eigenvalue weighted by Gasteiger charge is -2.05. The van der Waals surface area contributed by atoms with Crippen LogP contribution in [-0.2, 0) is 24.9 Å². The van der Waals surface area contributed by atoms with Crippen LogP contribution in [0.15, 0.2) is 0 Å². The van der Waals surface area contributed by atoms with E-state index in [-0.39, 0.29) is 5.75 Å². The second kappa shape index (κ2) is 5.95. The van der Waals surface area contributed by atoms with Crippen molar-refractivity contribution >= 4 is 35.6 Å². The third-order valence-electron chi connectivity index (χ3n) is 0.916. The van der Waals surface area contributed by atoms with Gasteiger partial charge < -0.3 is 15.0 Å². The summed E-state index contributed by atoms with van der Waals surface area (Å²) in [6, 6.07) is -0.985. The van der Waals surface area contributed by atoms with E-state index in [2.05, 4.69) is 16.8 Å². The monoisotopic (exact) mass is 227 g/mol. The van der Waals surface area contributed by atoms with Crippen molar-refractivity contribution in [3.63, 3.8) is 0 Å². The van der Waals surface area contributed by atoms with Gasteiger partial charge in [0.1, 0.15) is 6.04 Å². The summed E-state index contributed by atoms with van der Waals surface area (Å²) in [5.41, 5.74) is 5.16. The Morgan fingerprint density at radius 3 is 2.54 bits per heavy atom. The molecule has 0 saturated carbocycles. The third-order valence-corrected chi connectivity index (χ3v) is 2.14. The Bertz CT molecular complexity index is 231. The molecule has 13 heavy (non-hydrogen) atoms. The molecule has 2 atom stereocenters. The van der Waals surface area contributed by atoms with Crippen LogP contribution in [0.2, 0.25) is 0 Å². The quantitative estimate of drug-likeness (QED) is 0.495.